The van der Waals surface area contributed by atoms with Crippen molar-refractivity contribution in [3.05, 3.63) is 29.8 Å². The Bertz CT molecular complexity index is 277. The van der Waals surface area contributed by atoms with Gasteiger partial charge in [0.25, 0.3) is 0 Å². The summed E-state index contributed by atoms with van der Waals surface area (Å²) in [5.41, 5.74) is 1.30. The van der Waals surface area contributed by atoms with E-state index in [1.54, 1.807) is 0 Å². The van der Waals surface area contributed by atoms with Gasteiger partial charge in [-0.3, -0.25) is 0 Å². The zero-order valence-electron chi connectivity index (χ0n) is 9.73. The monoisotopic (exact) mass is 208 g/mol. The largest absolute Gasteiger partial charge is 0.491 e. The van der Waals surface area contributed by atoms with Crippen LogP contribution in [0.15, 0.2) is 24.3 Å². The van der Waals surface area contributed by atoms with E-state index in [0.717, 1.165) is 12.2 Å². The van der Waals surface area contributed by atoms with Crippen molar-refractivity contribution < 1.29 is 9.84 Å². The van der Waals surface area contributed by atoms with E-state index in [1.807, 2.05) is 19.1 Å². The average Bonchev–Trinajstić information content (AvgIpc) is 2.26. The minimum absolute atomic E-state index is 0.366. The van der Waals surface area contributed by atoms with Gasteiger partial charge in [0, 0.05) is 0 Å². The van der Waals surface area contributed by atoms with E-state index in [0.29, 0.717) is 12.5 Å². The third kappa shape index (κ3) is 3.92. The van der Waals surface area contributed by atoms with E-state index in [2.05, 4.69) is 26.0 Å². The summed E-state index contributed by atoms with van der Waals surface area (Å²) >= 11 is 0. The van der Waals surface area contributed by atoms with Crippen LogP contribution in [0.25, 0.3) is 0 Å². The SMILES string of the molecule is CC[C@H](O)COc1ccc(C(C)C)cc1. The predicted octanol–water partition coefficient (Wildman–Crippen LogP) is 2.96. The second kappa shape index (κ2) is 5.76. The summed E-state index contributed by atoms with van der Waals surface area (Å²) in [7, 11) is 0. The van der Waals surface area contributed by atoms with Crippen LogP contribution < -0.4 is 4.74 Å². The summed E-state index contributed by atoms with van der Waals surface area (Å²) in [5, 5.41) is 9.34. The van der Waals surface area contributed by atoms with E-state index in [9.17, 15) is 5.11 Å². The van der Waals surface area contributed by atoms with Crippen LogP contribution in [0.3, 0.4) is 0 Å². The average molecular weight is 208 g/mol. The maximum atomic E-state index is 9.34. The Morgan fingerprint density at radius 1 is 1.20 bits per heavy atom. The summed E-state index contributed by atoms with van der Waals surface area (Å²) < 4.78 is 5.44. The molecular formula is C13H20O2. The van der Waals surface area contributed by atoms with Crippen LogP contribution >= 0.6 is 0 Å². The Balaban J connectivity index is 2.50. The number of rotatable bonds is 5. The maximum Gasteiger partial charge on any atom is 0.119 e. The van der Waals surface area contributed by atoms with Crippen molar-refractivity contribution in [2.75, 3.05) is 6.61 Å². The number of benzene rings is 1. The number of hydrogen-bond acceptors (Lipinski definition) is 2. The van der Waals surface area contributed by atoms with E-state index < -0.39 is 0 Å². The normalized spacial score (nSPS) is 12.9. The zero-order valence-corrected chi connectivity index (χ0v) is 9.73. The van der Waals surface area contributed by atoms with Crippen LogP contribution in [0.4, 0.5) is 0 Å². The molecule has 2 heteroatoms. The fraction of sp³-hybridized carbons (Fsp3) is 0.538. The van der Waals surface area contributed by atoms with Crippen LogP contribution in [0.5, 0.6) is 5.75 Å². The highest BCUT2D eigenvalue weighted by Gasteiger charge is 2.02. The van der Waals surface area contributed by atoms with Crippen LogP contribution in [0.1, 0.15) is 38.7 Å². The third-order valence-corrected chi connectivity index (χ3v) is 2.46. The highest BCUT2D eigenvalue weighted by Crippen LogP contribution is 2.18. The molecule has 0 unspecified atom stereocenters. The highest BCUT2D eigenvalue weighted by atomic mass is 16.5. The first kappa shape index (κ1) is 12.1. The molecule has 0 spiro atoms. The second-order valence-electron chi connectivity index (χ2n) is 4.10. The molecule has 0 aromatic heterocycles. The van der Waals surface area contributed by atoms with Crippen molar-refractivity contribution in [3.8, 4) is 5.75 Å². The van der Waals surface area contributed by atoms with Gasteiger partial charge in [-0.25, -0.2) is 0 Å². The molecule has 0 aliphatic carbocycles. The molecule has 0 aliphatic rings. The quantitative estimate of drug-likeness (QED) is 0.806. The molecular weight excluding hydrogens is 188 g/mol. The van der Waals surface area contributed by atoms with Crippen molar-refractivity contribution >= 4 is 0 Å². The predicted molar refractivity (Wildman–Crippen MR) is 62.3 cm³/mol. The number of aliphatic hydroxyl groups excluding tert-OH is 1. The smallest absolute Gasteiger partial charge is 0.119 e. The lowest BCUT2D eigenvalue weighted by Gasteiger charge is -2.11. The van der Waals surface area contributed by atoms with Gasteiger partial charge in [0.05, 0.1) is 6.10 Å². The third-order valence-electron chi connectivity index (χ3n) is 2.46. The molecule has 1 rings (SSSR count). The first-order valence-corrected chi connectivity index (χ1v) is 5.54. The standard InChI is InChI=1S/C13H20O2/c1-4-12(14)9-15-13-7-5-11(6-8-13)10(2)3/h5-8,10,12,14H,4,9H2,1-3H3/t12-/m0/s1. The summed E-state index contributed by atoms with van der Waals surface area (Å²) in [5.74, 6) is 1.37. The van der Waals surface area contributed by atoms with Gasteiger partial charge in [-0.2, -0.15) is 0 Å². The molecule has 0 saturated heterocycles. The van der Waals surface area contributed by atoms with Gasteiger partial charge in [0.1, 0.15) is 12.4 Å². The molecule has 0 saturated carbocycles. The minimum atomic E-state index is -0.366. The van der Waals surface area contributed by atoms with Crippen LogP contribution in [-0.4, -0.2) is 17.8 Å². The number of aliphatic hydroxyl groups is 1. The summed E-state index contributed by atoms with van der Waals surface area (Å²) in [6, 6.07) is 8.05. The fourth-order valence-corrected chi connectivity index (χ4v) is 1.26. The highest BCUT2D eigenvalue weighted by molar-refractivity contribution is 5.28. The Labute approximate surface area is 91.9 Å². The van der Waals surface area contributed by atoms with Gasteiger partial charge in [-0.15, -0.1) is 0 Å². The Hall–Kier alpha value is -1.02. The van der Waals surface area contributed by atoms with E-state index in [-0.39, 0.29) is 6.10 Å². The van der Waals surface area contributed by atoms with Crippen LogP contribution in [-0.2, 0) is 0 Å². The molecule has 0 aliphatic heterocycles. The van der Waals surface area contributed by atoms with Crippen molar-refractivity contribution in [1.82, 2.24) is 0 Å². The van der Waals surface area contributed by atoms with Gasteiger partial charge >= 0.3 is 0 Å². The van der Waals surface area contributed by atoms with Crippen molar-refractivity contribution in [3.63, 3.8) is 0 Å². The summed E-state index contributed by atoms with van der Waals surface area (Å²) in [6.07, 6.45) is 0.360. The second-order valence-corrected chi connectivity index (χ2v) is 4.10. The van der Waals surface area contributed by atoms with E-state index in [1.165, 1.54) is 5.56 Å². The van der Waals surface area contributed by atoms with E-state index >= 15 is 0 Å². The van der Waals surface area contributed by atoms with Gasteiger partial charge in [0.15, 0.2) is 0 Å². The topological polar surface area (TPSA) is 29.5 Å². The maximum absolute atomic E-state index is 9.34. The molecule has 1 aromatic rings. The molecule has 0 amide bonds. The van der Waals surface area contributed by atoms with Gasteiger partial charge in [0.2, 0.25) is 0 Å². The lowest BCUT2D eigenvalue weighted by Crippen LogP contribution is -2.15. The van der Waals surface area contributed by atoms with Crippen LogP contribution in [0.2, 0.25) is 0 Å². The van der Waals surface area contributed by atoms with Gasteiger partial charge in [-0.1, -0.05) is 32.9 Å². The fourth-order valence-electron chi connectivity index (χ4n) is 1.26. The van der Waals surface area contributed by atoms with Crippen molar-refractivity contribution in [1.29, 1.82) is 0 Å². The number of ether oxygens (including phenoxy) is 1. The first-order chi connectivity index (χ1) is 7.13. The lowest BCUT2D eigenvalue weighted by molar-refractivity contribution is 0.104. The molecule has 2 nitrogen and oxygen atoms in total. The summed E-state index contributed by atoms with van der Waals surface area (Å²) in [6.45, 7) is 6.64. The van der Waals surface area contributed by atoms with Crippen molar-refractivity contribution in [2.24, 2.45) is 0 Å². The molecule has 0 bridgehead atoms. The first-order valence-electron chi connectivity index (χ1n) is 5.54. The molecule has 0 heterocycles. The van der Waals surface area contributed by atoms with E-state index in [4.69, 9.17) is 4.74 Å². The molecule has 84 valence electrons. The van der Waals surface area contributed by atoms with Crippen LogP contribution in [0, 0.1) is 0 Å². The number of hydrogen-bond donors (Lipinski definition) is 1. The Morgan fingerprint density at radius 2 is 1.80 bits per heavy atom. The lowest BCUT2D eigenvalue weighted by atomic mass is 10.0. The Kier molecular flexibility index (Phi) is 4.63. The zero-order chi connectivity index (χ0) is 11.3. The minimum Gasteiger partial charge on any atom is -0.491 e. The molecule has 0 radical (unpaired) electrons. The Morgan fingerprint density at radius 3 is 2.27 bits per heavy atom. The molecule has 15 heavy (non-hydrogen) atoms. The molecule has 1 aromatic carbocycles. The molecule has 1 N–H and O–H groups in total. The molecule has 1 atom stereocenters. The summed E-state index contributed by atoms with van der Waals surface area (Å²) in [4.78, 5) is 0. The van der Waals surface area contributed by atoms with Crippen molar-refractivity contribution in [2.45, 2.75) is 39.2 Å². The van der Waals surface area contributed by atoms with Gasteiger partial charge < -0.3 is 9.84 Å². The van der Waals surface area contributed by atoms with Gasteiger partial charge in [-0.05, 0) is 30.0 Å². The molecule has 0 fully saturated rings.